The molecule has 102 valence electrons. The second-order valence-electron chi connectivity index (χ2n) is 4.68. The highest BCUT2D eigenvalue weighted by molar-refractivity contribution is 14.1. The molecule has 1 aliphatic rings. The van der Waals surface area contributed by atoms with Crippen LogP contribution in [0.4, 0.5) is 0 Å². The Morgan fingerprint density at radius 2 is 1.90 bits per heavy atom. The lowest BCUT2D eigenvalue weighted by Gasteiger charge is -2.26. The standard InChI is InChI=1S/C16H14INOS/c17-13-7-3-1-5-11(13)16(19)18-14-9-10-20-15-8-4-2-6-12(14)15/h1-8,14H,9-10H2,(H,18,19). The third-order valence-corrected chi connectivity index (χ3v) is 5.45. The highest BCUT2D eigenvalue weighted by Gasteiger charge is 2.22. The van der Waals surface area contributed by atoms with Crippen molar-refractivity contribution in [1.29, 1.82) is 0 Å². The molecule has 2 nitrogen and oxygen atoms in total. The van der Waals surface area contributed by atoms with Gasteiger partial charge in [-0.2, -0.15) is 0 Å². The lowest BCUT2D eigenvalue weighted by atomic mass is 10.0. The number of hydrogen-bond acceptors (Lipinski definition) is 2. The van der Waals surface area contributed by atoms with Gasteiger partial charge < -0.3 is 5.32 Å². The quantitative estimate of drug-likeness (QED) is 0.771. The maximum atomic E-state index is 12.4. The average Bonchev–Trinajstić information content (AvgIpc) is 2.48. The molecular formula is C16H14INOS. The van der Waals surface area contributed by atoms with E-state index in [0.717, 1.165) is 21.3 Å². The first kappa shape index (κ1) is 13.9. The van der Waals surface area contributed by atoms with Crippen LogP contribution in [0.2, 0.25) is 0 Å². The third-order valence-electron chi connectivity index (χ3n) is 3.38. The van der Waals surface area contributed by atoms with Gasteiger partial charge >= 0.3 is 0 Å². The van der Waals surface area contributed by atoms with E-state index in [1.54, 1.807) is 0 Å². The summed E-state index contributed by atoms with van der Waals surface area (Å²) in [6.07, 6.45) is 0.983. The molecule has 0 bridgehead atoms. The van der Waals surface area contributed by atoms with Crippen LogP contribution < -0.4 is 5.32 Å². The lowest BCUT2D eigenvalue weighted by molar-refractivity contribution is 0.0934. The first-order valence-corrected chi connectivity index (χ1v) is 8.59. The second kappa shape index (κ2) is 6.18. The van der Waals surface area contributed by atoms with Gasteiger partial charge in [-0.1, -0.05) is 30.3 Å². The van der Waals surface area contributed by atoms with Crippen LogP contribution in [0.1, 0.15) is 28.4 Å². The fourth-order valence-electron chi connectivity index (χ4n) is 2.37. The fraction of sp³-hybridized carbons (Fsp3) is 0.188. The molecule has 0 radical (unpaired) electrons. The number of fused-ring (bicyclic) bond motifs is 1. The fourth-order valence-corrected chi connectivity index (χ4v) is 4.13. The molecule has 0 spiro atoms. The van der Waals surface area contributed by atoms with Gasteiger partial charge in [0.15, 0.2) is 0 Å². The van der Waals surface area contributed by atoms with Gasteiger partial charge in [-0.3, -0.25) is 4.79 Å². The van der Waals surface area contributed by atoms with Crippen molar-refractivity contribution in [2.24, 2.45) is 0 Å². The number of halogens is 1. The lowest BCUT2D eigenvalue weighted by Crippen LogP contribution is -2.31. The van der Waals surface area contributed by atoms with Crippen molar-refractivity contribution in [2.45, 2.75) is 17.4 Å². The molecule has 0 aromatic heterocycles. The number of carbonyl (C=O) groups is 1. The number of carbonyl (C=O) groups excluding carboxylic acids is 1. The number of thioether (sulfide) groups is 1. The molecule has 1 N–H and O–H groups in total. The van der Waals surface area contributed by atoms with Gasteiger partial charge in [-0.05, 0) is 52.8 Å². The minimum absolute atomic E-state index is 0.0155. The Labute approximate surface area is 136 Å². The van der Waals surface area contributed by atoms with E-state index in [-0.39, 0.29) is 11.9 Å². The zero-order chi connectivity index (χ0) is 13.9. The van der Waals surface area contributed by atoms with E-state index < -0.39 is 0 Å². The van der Waals surface area contributed by atoms with Crippen molar-refractivity contribution in [3.63, 3.8) is 0 Å². The summed E-state index contributed by atoms with van der Waals surface area (Å²) in [6, 6.07) is 16.1. The molecular weight excluding hydrogens is 381 g/mol. The molecule has 2 aromatic rings. The predicted octanol–water partition coefficient (Wildman–Crippen LogP) is 4.26. The van der Waals surface area contributed by atoms with Crippen molar-refractivity contribution in [3.05, 3.63) is 63.2 Å². The zero-order valence-corrected chi connectivity index (χ0v) is 13.8. The van der Waals surface area contributed by atoms with Crippen molar-refractivity contribution in [1.82, 2.24) is 5.32 Å². The molecule has 1 aliphatic heterocycles. The van der Waals surface area contributed by atoms with Crippen molar-refractivity contribution in [3.8, 4) is 0 Å². The molecule has 0 aliphatic carbocycles. The molecule has 1 heterocycles. The Balaban J connectivity index is 1.83. The van der Waals surface area contributed by atoms with Crippen LogP contribution in [0.25, 0.3) is 0 Å². The van der Waals surface area contributed by atoms with E-state index >= 15 is 0 Å². The smallest absolute Gasteiger partial charge is 0.252 e. The van der Waals surface area contributed by atoms with Gasteiger partial charge in [0, 0.05) is 14.2 Å². The monoisotopic (exact) mass is 395 g/mol. The second-order valence-corrected chi connectivity index (χ2v) is 6.98. The van der Waals surface area contributed by atoms with Crippen molar-refractivity contribution < 1.29 is 4.79 Å². The number of benzene rings is 2. The van der Waals surface area contributed by atoms with Crippen molar-refractivity contribution in [2.75, 3.05) is 5.75 Å². The summed E-state index contributed by atoms with van der Waals surface area (Å²) in [4.78, 5) is 13.7. The van der Waals surface area contributed by atoms with Crippen LogP contribution in [0, 0.1) is 3.57 Å². The van der Waals surface area contributed by atoms with Gasteiger partial charge in [0.2, 0.25) is 0 Å². The van der Waals surface area contributed by atoms with E-state index in [9.17, 15) is 4.79 Å². The normalized spacial score (nSPS) is 17.4. The Bertz CT molecular complexity index is 644. The van der Waals surface area contributed by atoms with Gasteiger partial charge in [-0.25, -0.2) is 0 Å². The summed E-state index contributed by atoms with van der Waals surface area (Å²) in [5.41, 5.74) is 1.99. The minimum Gasteiger partial charge on any atom is -0.345 e. The average molecular weight is 395 g/mol. The Hall–Kier alpha value is -1.01. The largest absolute Gasteiger partial charge is 0.345 e. The minimum atomic E-state index is 0.0155. The Morgan fingerprint density at radius 1 is 1.15 bits per heavy atom. The van der Waals surface area contributed by atoms with Crippen LogP contribution in [0.5, 0.6) is 0 Å². The number of hydrogen-bond donors (Lipinski definition) is 1. The van der Waals surface area contributed by atoms with E-state index in [1.165, 1.54) is 10.5 Å². The third kappa shape index (κ3) is 2.86. The number of amides is 1. The summed E-state index contributed by atoms with van der Waals surface area (Å²) < 4.78 is 0.987. The SMILES string of the molecule is O=C(NC1CCSc2ccccc21)c1ccccc1I. The summed E-state index contributed by atoms with van der Waals surface area (Å²) in [6.45, 7) is 0. The van der Waals surface area contributed by atoms with Crippen molar-refractivity contribution >= 4 is 40.3 Å². The van der Waals surface area contributed by atoms with E-state index in [2.05, 4.69) is 46.1 Å². The zero-order valence-electron chi connectivity index (χ0n) is 10.8. The maximum absolute atomic E-state index is 12.4. The van der Waals surface area contributed by atoms with Crippen LogP contribution in [0.15, 0.2) is 53.4 Å². The van der Waals surface area contributed by atoms with Crippen LogP contribution in [-0.4, -0.2) is 11.7 Å². The molecule has 1 unspecified atom stereocenters. The first-order valence-electron chi connectivity index (χ1n) is 6.53. The Kier molecular flexibility index (Phi) is 4.31. The molecule has 1 amide bonds. The predicted molar refractivity (Wildman–Crippen MR) is 91.1 cm³/mol. The van der Waals surface area contributed by atoms with Crippen LogP contribution >= 0.6 is 34.4 Å². The van der Waals surface area contributed by atoms with Gasteiger partial charge in [0.1, 0.15) is 0 Å². The molecule has 1 atom stereocenters. The summed E-state index contributed by atoms with van der Waals surface area (Å²) >= 11 is 4.07. The molecule has 2 aromatic carbocycles. The summed E-state index contributed by atoms with van der Waals surface area (Å²) in [7, 11) is 0. The van der Waals surface area contributed by atoms with Gasteiger partial charge in [0.25, 0.3) is 5.91 Å². The molecule has 20 heavy (non-hydrogen) atoms. The summed E-state index contributed by atoms with van der Waals surface area (Å²) in [5.74, 6) is 1.06. The van der Waals surface area contributed by atoms with Gasteiger partial charge in [-0.15, -0.1) is 11.8 Å². The number of nitrogens with one attached hydrogen (secondary N) is 1. The highest BCUT2D eigenvalue weighted by Crippen LogP contribution is 2.35. The topological polar surface area (TPSA) is 29.1 Å². The first-order chi connectivity index (χ1) is 9.75. The van der Waals surface area contributed by atoms with E-state index in [4.69, 9.17) is 0 Å². The maximum Gasteiger partial charge on any atom is 0.252 e. The van der Waals surface area contributed by atoms with E-state index in [1.807, 2.05) is 42.1 Å². The van der Waals surface area contributed by atoms with Crippen LogP contribution in [0.3, 0.4) is 0 Å². The van der Waals surface area contributed by atoms with Crippen LogP contribution in [-0.2, 0) is 0 Å². The molecule has 0 saturated heterocycles. The molecule has 0 fully saturated rings. The molecule has 4 heteroatoms. The molecule has 3 rings (SSSR count). The molecule has 0 saturated carbocycles. The Morgan fingerprint density at radius 3 is 2.75 bits per heavy atom. The summed E-state index contributed by atoms with van der Waals surface area (Å²) in [5, 5.41) is 3.18. The van der Waals surface area contributed by atoms with E-state index in [0.29, 0.717) is 0 Å². The van der Waals surface area contributed by atoms with Gasteiger partial charge in [0.05, 0.1) is 11.6 Å². The number of rotatable bonds is 2. The highest BCUT2D eigenvalue weighted by atomic mass is 127.